The summed E-state index contributed by atoms with van der Waals surface area (Å²) in [5.41, 5.74) is 3.23. The Bertz CT molecular complexity index is 753. The highest BCUT2D eigenvalue weighted by Gasteiger charge is 2.40. The van der Waals surface area contributed by atoms with Crippen LogP contribution < -0.4 is 4.72 Å². The molecule has 1 N–H and O–H groups in total. The summed E-state index contributed by atoms with van der Waals surface area (Å²) in [5.74, 6) is 0.673. The molecule has 2 nitrogen and oxygen atoms in total. The van der Waals surface area contributed by atoms with Gasteiger partial charge in [0, 0.05) is 23.9 Å². The third-order valence-electron chi connectivity index (χ3n) is 5.03. The van der Waals surface area contributed by atoms with Gasteiger partial charge < -0.3 is 0 Å². The van der Waals surface area contributed by atoms with Crippen molar-refractivity contribution >= 4 is 11.9 Å². The van der Waals surface area contributed by atoms with E-state index in [0.29, 0.717) is 24.1 Å². The average molecular weight is 377 g/mol. The number of rotatable bonds is 6. The van der Waals surface area contributed by atoms with E-state index < -0.39 is 6.17 Å². The van der Waals surface area contributed by atoms with E-state index in [0.717, 1.165) is 16.9 Å². The molecule has 3 unspecified atom stereocenters. The molecular formula is C21H26F2N2S. The maximum Gasteiger partial charge on any atom is 0.134 e. The number of benzene rings is 2. The van der Waals surface area contributed by atoms with Crippen LogP contribution in [-0.4, -0.2) is 42.5 Å². The van der Waals surface area contributed by atoms with Gasteiger partial charge in [-0.3, -0.25) is 9.62 Å². The average Bonchev–Trinajstić information content (AvgIpc) is 2.88. The summed E-state index contributed by atoms with van der Waals surface area (Å²) in [5, 5.41) is 0. The van der Waals surface area contributed by atoms with Crippen molar-refractivity contribution in [2.24, 2.45) is 0 Å². The van der Waals surface area contributed by atoms with Gasteiger partial charge in [-0.1, -0.05) is 66.9 Å². The number of likely N-dealkylation sites (N-methyl/N-ethyl adjacent to an activating group) is 1. The van der Waals surface area contributed by atoms with Gasteiger partial charge in [0.2, 0.25) is 0 Å². The minimum Gasteiger partial charge on any atom is -0.298 e. The fraction of sp³-hybridized carbons (Fsp3) is 0.429. The van der Waals surface area contributed by atoms with Gasteiger partial charge in [0.05, 0.1) is 6.04 Å². The van der Waals surface area contributed by atoms with Crippen LogP contribution in [0.3, 0.4) is 0 Å². The van der Waals surface area contributed by atoms with Crippen LogP contribution in [0.15, 0.2) is 42.5 Å². The standard InChI is InChI=1S/C21H26F2N2S/c1-4-26-24-21-18(22)13-25(3)19(21)12-16-9-6-10-17(20(16)23)15-8-5-7-14(2)11-15/h5-11,18-19,21,24H,4,12-13H2,1-3H3. The Morgan fingerprint density at radius 3 is 2.73 bits per heavy atom. The molecule has 1 heterocycles. The summed E-state index contributed by atoms with van der Waals surface area (Å²) >= 11 is 1.52. The first kappa shape index (κ1) is 19.3. The number of alkyl halides is 1. The highest BCUT2D eigenvalue weighted by Crippen LogP contribution is 2.29. The first-order valence-electron chi connectivity index (χ1n) is 9.07. The zero-order valence-electron chi connectivity index (χ0n) is 15.5. The van der Waals surface area contributed by atoms with Crippen molar-refractivity contribution in [2.45, 2.75) is 38.5 Å². The zero-order chi connectivity index (χ0) is 18.7. The second-order valence-electron chi connectivity index (χ2n) is 6.95. The molecule has 0 aliphatic carbocycles. The van der Waals surface area contributed by atoms with Crippen molar-refractivity contribution in [3.63, 3.8) is 0 Å². The van der Waals surface area contributed by atoms with Crippen LogP contribution >= 0.6 is 11.9 Å². The lowest BCUT2D eigenvalue weighted by molar-refractivity contribution is 0.289. The van der Waals surface area contributed by atoms with Crippen LogP contribution in [0, 0.1) is 12.7 Å². The summed E-state index contributed by atoms with van der Waals surface area (Å²) in [4.78, 5) is 2.00. The number of nitrogens with zero attached hydrogens (tertiary/aromatic N) is 1. The molecule has 26 heavy (non-hydrogen) atoms. The topological polar surface area (TPSA) is 15.3 Å². The molecule has 3 atom stereocenters. The van der Waals surface area contributed by atoms with E-state index in [2.05, 4.69) is 4.72 Å². The third kappa shape index (κ3) is 4.11. The Balaban J connectivity index is 1.86. The monoisotopic (exact) mass is 376 g/mol. The Hall–Kier alpha value is -1.43. The summed E-state index contributed by atoms with van der Waals surface area (Å²) < 4.78 is 32.8. The zero-order valence-corrected chi connectivity index (χ0v) is 16.3. The summed E-state index contributed by atoms with van der Waals surface area (Å²) in [6, 6.07) is 13.0. The van der Waals surface area contributed by atoms with Gasteiger partial charge in [0.25, 0.3) is 0 Å². The molecule has 1 saturated heterocycles. The van der Waals surface area contributed by atoms with Crippen molar-refractivity contribution in [3.05, 3.63) is 59.4 Å². The van der Waals surface area contributed by atoms with Crippen molar-refractivity contribution in [1.82, 2.24) is 9.62 Å². The van der Waals surface area contributed by atoms with Crippen LogP contribution in [0.2, 0.25) is 0 Å². The quantitative estimate of drug-likeness (QED) is 0.741. The van der Waals surface area contributed by atoms with E-state index in [4.69, 9.17) is 0 Å². The van der Waals surface area contributed by atoms with Crippen LogP contribution in [-0.2, 0) is 6.42 Å². The number of aryl methyl sites for hydroxylation is 1. The van der Waals surface area contributed by atoms with E-state index in [9.17, 15) is 4.39 Å². The fourth-order valence-corrected chi connectivity index (χ4v) is 4.32. The number of nitrogens with one attached hydrogen (secondary N) is 1. The van der Waals surface area contributed by atoms with Crippen molar-refractivity contribution < 1.29 is 8.78 Å². The molecule has 140 valence electrons. The van der Waals surface area contributed by atoms with Crippen molar-refractivity contribution in [2.75, 3.05) is 19.3 Å². The Kier molecular flexibility index (Phi) is 6.33. The highest BCUT2D eigenvalue weighted by molar-refractivity contribution is 7.97. The van der Waals surface area contributed by atoms with Crippen LogP contribution in [0.25, 0.3) is 11.1 Å². The van der Waals surface area contributed by atoms with Crippen molar-refractivity contribution in [1.29, 1.82) is 0 Å². The van der Waals surface area contributed by atoms with Gasteiger partial charge in [-0.25, -0.2) is 8.78 Å². The molecule has 2 aromatic carbocycles. The summed E-state index contributed by atoms with van der Waals surface area (Å²) in [6.07, 6.45) is -0.447. The van der Waals surface area contributed by atoms with Crippen LogP contribution in [0.1, 0.15) is 18.1 Å². The second-order valence-corrected chi connectivity index (χ2v) is 8.05. The molecule has 0 saturated carbocycles. The Labute approximate surface area is 159 Å². The Morgan fingerprint density at radius 2 is 2.00 bits per heavy atom. The van der Waals surface area contributed by atoms with E-state index >= 15 is 4.39 Å². The van der Waals surface area contributed by atoms with Crippen molar-refractivity contribution in [3.8, 4) is 11.1 Å². The fourth-order valence-electron chi connectivity index (χ4n) is 3.65. The van der Waals surface area contributed by atoms with Gasteiger partial charge in [-0.15, -0.1) is 0 Å². The highest BCUT2D eigenvalue weighted by atomic mass is 32.2. The lowest BCUT2D eigenvalue weighted by Gasteiger charge is -2.26. The van der Waals surface area contributed by atoms with E-state index in [1.807, 2.05) is 68.3 Å². The molecule has 2 aromatic rings. The third-order valence-corrected chi connectivity index (χ3v) is 5.76. The van der Waals surface area contributed by atoms with E-state index in [1.54, 1.807) is 0 Å². The maximum atomic E-state index is 15.2. The number of hydrogen-bond donors (Lipinski definition) is 1. The molecule has 5 heteroatoms. The maximum absolute atomic E-state index is 15.2. The molecular weight excluding hydrogens is 350 g/mol. The molecule has 1 aliphatic rings. The minimum atomic E-state index is -0.938. The largest absolute Gasteiger partial charge is 0.298 e. The van der Waals surface area contributed by atoms with Gasteiger partial charge in [-0.05, 0) is 31.5 Å². The number of likely N-dealkylation sites (tertiary alicyclic amines) is 1. The smallest absolute Gasteiger partial charge is 0.134 e. The molecule has 1 aliphatic heterocycles. The number of halogens is 2. The van der Waals surface area contributed by atoms with Crippen LogP contribution in [0.5, 0.6) is 0 Å². The SMILES string of the molecule is CCSNC1C(F)CN(C)C1Cc1cccc(-c2cccc(C)c2)c1F. The van der Waals surface area contributed by atoms with E-state index in [1.165, 1.54) is 11.9 Å². The molecule has 0 spiro atoms. The Morgan fingerprint density at radius 1 is 1.23 bits per heavy atom. The van der Waals surface area contributed by atoms with Gasteiger partial charge in [-0.2, -0.15) is 0 Å². The van der Waals surface area contributed by atoms with E-state index in [-0.39, 0.29) is 17.9 Å². The number of hydrogen-bond acceptors (Lipinski definition) is 3. The van der Waals surface area contributed by atoms with Gasteiger partial charge >= 0.3 is 0 Å². The molecule has 1 fully saturated rings. The first-order valence-corrected chi connectivity index (χ1v) is 10.1. The molecule has 0 amide bonds. The van der Waals surface area contributed by atoms with Crippen LogP contribution in [0.4, 0.5) is 8.78 Å². The lowest BCUT2D eigenvalue weighted by atomic mass is 9.95. The second kappa shape index (κ2) is 8.51. The summed E-state index contributed by atoms with van der Waals surface area (Å²) in [6.45, 7) is 4.41. The molecule has 0 bridgehead atoms. The molecule has 3 rings (SSSR count). The van der Waals surface area contributed by atoms with Gasteiger partial charge in [0.1, 0.15) is 12.0 Å². The molecule has 0 radical (unpaired) electrons. The summed E-state index contributed by atoms with van der Waals surface area (Å²) in [7, 11) is 1.91. The minimum absolute atomic E-state index is 0.0636. The first-order chi connectivity index (χ1) is 12.5. The lowest BCUT2D eigenvalue weighted by Crippen LogP contribution is -2.43. The van der Waals surface area contributed by atoms with Gasteiger partial charge in [0.15, 0.2) is 0 Å². The predicted octanol–water partition coefficient (Wildman–Crippen LogP) is 4.62. The molecule has 0 aromatic heterocycles. The normalized spacial score (nSPS) is 23.5. The predicted molar refractivity (Wildman–Crippen MR) is 107 cm³/mol.